The Balaban J connectivity index is 2.52. The van der Waals surface area contributed by atoms with Gasteiger partial charge in [0.15, 0.2) is 11.1 Å². The van der Waals surface area contributed by atoms with E-state index < -0.39 is 35.6 Å². The Hall–Kier alpha value is -1.66. The SMILES string of the molecule is CC#CC1(Cl)[C@@H](O)[C@@H](CO)O[C@H]1n1cnc(N)nc1=O. The topological polar surface area (TPSA) is 123 Å². The fourth-order valence-electron chi connectivity index (χ4n) is 2.01. The number of alkyl halides is 1. The number of aliphatic hydroxyl groups excluding tert-OH is 2. The van der Waals surface area contributed by atoms with Crippen molar-refractivity contribution in [1.29, 1.82) is 0 Å². The molecule has 2 rings (SSSR count). The molecule has 20 heavy (non-hydrogen) atoms. The first-order valence-corrected chi connectivity index (χ1v) is 6.09. The minimum absolute atomic E-state index is 0.190. The lowest BCUT2D eigenvalue weighted by Gasteiger charge is -2.25. The molecule has 0 aliphatic carbocycles. The number of nitrogens with zero attached hydrogens (tertiary/aromatic N) is 3. The number of hydrogen-bond acceptors (Lipinski definition) is 7. The van der Waals surface area contributed by atoms with Crippen molar-refractivity contribution < 1.29 is 14.9 Å². The number of aliphatic hydroxyl groups is 2. The second-order valence-corrected chi connectivity index (χ2v) is 4.83. The maximum absolute atomic E-state index is 11.8. The van der Waals surface area contributed by atoms with Crippen LogP contribution in [0.3, 0.4) is 0 Å². The highest BCUT2D eigenvalue weighted by atomic mass is 35.5. The minimum atomic E-state index is -1.59. The highest BCUT2D eigenvalue weighted by Gasteiger charge is 2.55. The molecule has 1 aliphatic rings. The van der Waals surface area contributed by atoms with Crippen LogP contribution in [0, 0.1) is 11.8 Å². The summed E-state index contributed by atoms with van der Waals surface area (Å²) in [6.45, 7) is 1.06. The Labute approximate surface area is 119 Å². The van der Waals surface area contributed by atoms with E-state index in [0.717, 1.165) is 10.9 Å². The van der Waals surface area contributed by atoms with Crippen molar-refractivity contribution >= 4 is 17.5 Å². The van der Waals surface area contributed by atoms with Gasteiger partial charge in [-0.2, -0.15) is 4.98 Å². The summed E-state index contributed by atoms with van der Waals surface area (Å²) < 4.78 is 6.38. The van der Waals surface area contributed by atoms with E-state index in [2.05, 4.69) is 21.8 Å². The summed E-state index contributed by atoms with van der Waals surface area (Å²) >= 11 is 6.30. The van der Waals surface area contributed by atoms with Crippen LogP contribution in [0.4, 0.5) is 5.95 Å². The molecule has 1 unspecified atom stereocenters. The molecule has 0 aromatic carbocycles. The van der Waals surface area contributed by atoms with Gasteiger partial charge in [-0.3, -0.25) is 4.57 Å². The van der Waals surface area contributed by atoms with Crippen LogP contribution < -0.4 is 11.4 Å². The van der Waals surface area contributed by atoms with Crippen molar-refractivity contribution in [1.82, 2.24) is 14.5 Å². The molecule has 108 valence electrons. The number of nitrogen functional groups attached to an aromatic ring is 1. The van der Waals surface area contributed by atoms with Gasteiger partial charge in [0.2, 0.25) is 5.95 Å². The van der Waals surface area contributed by atoms with Crippen LogP contribution in [0.5, 0.6) is 0 Å². The molecule has 0 spiro atoms. The van der Waals surface area contributed by atoms with E-state index in [9.17, 15) is 15.0 Å². The van der Waals surface area contributed by atoms with Crippen LogP contribution in [-0.4, -0.2) is 48.4 Å². The third-order valence-electron chi connectivity index (χ3n) is 2.94. The predicted octanol–water partition coefficient (Wildman–Crippen LogP) is -1.53. The Bertz CT molecular complexity index is 625. The fourth-order valence-corrected chi connectivity index (χ4v) is 2.40. The number of halogens is 1. The Morgan fingerprint density at radius 1 is 1.70 bits per heavy atom. The summed E-state index contributed by atoms with van der Waals surface area (Å²) in [5.41, 5.74) is 4.57. The summed E-state index contributed by atoms with van der Waals surface area (Å²) in [4.78, 5) is 17.4. The summed E-state index contributed by atoms with van der Waals surface area (Å²) in [5.74, 6) is 4.99. The zero-order valence-electron chi connectivity index (χ0n) is 10.5. The molecule has 9 heteroatoms. The first kappa shape index (κ1) is 14.7. The molecule has 0 saturated carbocycles. The molecule has 1 aromatic rings. The molecule has 0 bridgehead atoms. The van der Waals surface area contributed by atoms with Gasteiger partial charge in [-0.1, -0.05) is 17.5 Å². The second kappa shape index (κ2) is 5.38. The molecule has 1 saturated heterocycles. The van der Waals surface area contributed by atoms with Gasteiger partial charge in [-0.25, -0.2) is 9.78 Å². The zero-order valence-corrected chi connectivity index (χ0v) is 11.3. The predicted molar refractivity (Wildman–Crippen MR) is 69.7 cm³/mol. The van der Waals surface area contributed by atoms with E-state index in [4.69, 9.17) is 22.1 Å². The van der Waals surface area contributed by atoms with Crippen molar-refractivity contribution in [2.45, 2.75) is 30.2 Å². The van der Waals surface area contributed by atoms with Gasteiger partial charge in [0.1, 0.15) is 18.5 Å². The first-order chi connectivity index (χ1) is 9.43. The molecule has 8 nitrogen and oxygen atoms in total. The number of anilines is 1. The molecule has 0 amide bonds. The second-order valence-electron chi connectivity index (χ2n) is 4.20. The molecule has 4 N–H and O–H groups in total. The standard InChI is InChI=1S/C11H13ClN4O4/c1-2-3-11(12)7(18)6(4-17)20-8(11)16-5-14-9(13)15-10(16)19/h5-8,17-18H,4H2,1H3,(H2,13,15,19)/t6-,7+,8-,11?/m1/s1. The Morgan fingerprint density at radius 3 is 2.95 bits per heavy atom. The van der Waals surface area contributed by atoms with E-state index in [-0.39, 0.29) is 5.95 Å². The van der Waals surface area contributed by atoms with E-state index in [1.807, 2.05) is 0 Å². The normalized spacial score (nSPS) is 32.7. The van der Waals surface area contributed by atoms with Crippen molar-refractivity contribution in [3.8, 4) is 11.8 Å². The third kappa shape index (κ3) is 2.25. The maximum Gasteiger partial charge on any atom is 0.354 e. The first-order valence-electron chi connectivity index (χ1n) is 5.72. The van der Waals surface area contributed by atoms with Crippen molar-refractivity contribution in [2.24, 2.45) is 0 Å². The summed E-state index contributed by atoms with van der Waals surface area (Å²) in [7, 11) is 0. The summed E-state index contributed by atoms with van der Waals surface area (Å²) in [6.07, 6.45) is -2.29. The van der Waals surface area contributed by atoms with Crippen LogP contribution in [0.2, 0.25) is 0 Å². The van der Waals surface area contributed by atoms with Gasteiger partial charge in [-0.05, 0) is 6.92 Å². The lowest BCUT2D eigenvalue weighted by Crippen LogP contribution is -2.43. The molecule has 2 heterocycles. The van der Waals surface area contributed by atoms with Crippen LogP contribution in [-0.2, 0) is 4.74 Å². The van der Waals surface area contributed by atoms with Gasteiger partial charge in [-0.15, -0.1) is 5.92 Å². The third-order valence-corrected chi connectivity index (χ3v) is 3.45. The van der Waals surface area contributed by atoms with Gasteiger partial charge >= 0.3 is 5.69 Å². The molecular weight excluding hydrogens is 288 g/mol. The zero-order chi connectivity index (χ0) is 14.9. The van der Waals surface area contributed by atoms with Gasteiger partial charge < -0.3 is 20.7 Å². The number of hydrogen-bond donors (Lipinski definition) is 3. The van der Waals surface area contributed by atoms with E-state index >= 15 is 0 Å². The van der Waals surface area contributed by atoms with Crippen LogP contribution in [0.15, 0.2) is 11.1 Å². The van der Waals surface area contributed by atoms with Crippen LogP contribution in [0.25, 0.3) is 0 Å². The monoisotopic (exact) mass is 300 g/mol. The molecule has 4 atom stereocenters. The average molecular weight is 301 g/mol. The summed E-state index contributed by atoms with van der Waals surface area (Å²) in [6, 6.07) is 0. The highest BCUT2D eigenvalue weighted by Crippen LogP contribution is 2.42. The van der Waals surface area contributed by atoms with Gasteiger partial charge in [0, 0.05) is 0 Å². The fraction of sp³-hybridized carbons (Fsp3) is 0.545. The Kier molecular flexibility index (Phi) is 3.96. The van der Waals surface area contributed by atoms with Gasteiger partial charge in [0.25, 0.3) is 0 Å². The number of rotatable bonds is 2. The number of aromatic nitrogens is 3. The lowest BCUT2D eigenvalue weighted by atomic mass is 9.99. The Morgan fingerprint density at radius 2 is 2.40 bits per heavy atom. The summed E-state index contributed by atoms with van der Waals surface area (Å²) in [5, 5.41) is 19.3. The van der Waals surface area contributed by atoms with Crippen molar-refractivity contribution in [3.63, 3.8) is 0 Å². The van der Waals surface area contributed by atoms with Gasteiger partial charge in [0.05, 0.1) is 6.61 Å². The van der Waals surface area contributed by atoms with Crippen LogP contribution in [0.1, 0.15) is 13.2 Å². The minimum Gasteiger partial charge on any atom is -0.394 e. The number of nitrogens with two attached hydrogens (primary N) is 1. The lowest BCUT2D eigenvalue weighted by molar-refractivity contribution is -0.0467. The average Bonchev–Trinajstić information content (AvgIpc) is 2.63. The molecule has 1 aromatic heterocycles. The van der Waals surface area contributed by atoms with Crippen molar-refractivity contribution in [2.75, 3.05) is 12.3 Å². The van der Waals surface area contributed by atoms with E-state index in [0.29, 0.717) is 0 Å². The molecular formula is C11H13ClN4O4. The van der Waals surface area contributed by atoms with E-state index in [1.165, 1.54) is 6.92 Å². The smallest absolute Gasteiger partial charge is 0.354 e. The maximum atomic E-state index is 11.8. The van der Waals surface area contributed by atoms with Crippen LogP contribution >= 0.6 is 11.6 Å². The van der Waals surface area contributed by atoms with E-state index in [1.54, 1.807) is 0 Å². The molecule has 0 radical (unpaired) electrons. The quantitative estimate of drug-likeness (QED) is 0.447. The highest BCUT2D eigenvalue weighted by molar-refractivity contribution is 6.27. The van der Waals surface area contributed by atoms with Crippen molar-refractivity contribution in [3.05, 3.63) is 16.8 Å². The largest absolute Gasteiger partial charge is 0.394 e. The molecule has 1 fully saturated rings. The molecule has 1 aliphatic heterocycles. The number of ether oxygens (including phenoxy) is 1.